The van der Waals surface area contributed by atoms with Gasteiger partial charge in [-0.15, -0.1) is 0 Å². The van der Waals surface area contributed by atoms with E-state index in [0.717, 1.165) is 50.8 Å². The van der Waals surface area contributed by atoms with E-state index in [1.807, 2.05) is 0 Å². The monoisotopic (exact) mass is 368 g/mol. The Kier molecular flexibility index (Phi) is 11.9. The number of rotatable bonds is 12. The van der Waals surface area contributed by atoms with E-state index in [1.54, 1.807) is 0 Å². The summed E-state index contributed by atoms with van der Waals surface area (Å²) in [6.07, 6.45) is 8.10. The van der Waals surface area contributed by atoms with Gasteiger partial charge in [0.15, 0.2) is 5.96 Å². The summed E-state index contributed by atoms with van der Waals surface area (Å²) in [6, 6.07) is 0. The van der Waals surface area contributed by atoms with E-state index in [4.69, 9.17) is 4.99 Å². The summed E-state index contributed by atoms with van der Waals surface area (Å²) in [5.41, 5.74) is 0.127. The molecule has 0 radical (unpaired) electrons. The topological polar surface area (TPSA) is 59.9 Å². The molecule has 0 saturated carbocycles. The Morgan fingerprint density at radius 3 is 2.38 bits per heavy atom. The first-order chi connectivity index (χ1) is 12.6. The minimum Gasteiger partial charge on any atom is -0.396 e. The molecule has 0 aliphatic carbocycles. The molecule has 0 atom stereocenters. The smallest absolute Gasteiger partial charge is 0.191 e. The van der Waals surface area contributed by atoms with Crippen molar-refractivity contribution in [3.8, 4) is 0 Å². The first-order valence-electron chi connectivity index (χ1n) is 10.9. The van der Waals surface area contributed by atoms with Crippen LogP contribution in [0.15, 0.2) is 4.99 Å². The lowest BCUT2D eigenvalue weighted by molar-refractivity contribution is 0.175. The maximum atomic E-state index is 9.37. The van der Waals surface area contributed by atoms with Crippen molar-refractivity contribution in [2.24, 2.45) is 16.3 Å². The summed E-state index contributed by atoms with van der Waals surface area (Å²) in [6.45, 7) is 15.5. The van der Waals surface area contributed by atoms with Crippen LogP contribution in [0.25, 0.3) is 0 Å². The van der Waals surface area contributed by atoms with Crippen molar-refractivity contribution in [2.75, 3.05) is 45.9 Å². The van der Waals surface area contributed by atoms with Crippen molar-refractivity contribution in [1.29, 1.82) is 0 Å². The second-order valence-electron chi connectivity index (χ2n) is 8.03. The van der Waals surface area contributed by atoms with Gasteiger partial charge in [-0.05, 0) is 82.8 Å². The summed E-state index contributed by atoms with van der Waals surface area (Å²) < 4.78 is 0. The minimum absolute atomic E-state index is 0.127. The van der Waals surface area contributed by atoms with Gasteiger partial charge in [-0.2, -0.15) is 0 Å². The number of nitrogens with one attached hydrogen (secondary N) is 2. The third kappa shape index (κ3) is 8.72. The normalized spacial score (nSPS) is 17.5. The third-order valence-electron chi connectivity index (χ3n) is 6.13. The molecule has 0 aromatic heterocycles. The quantitative estimate of drug-likeness (QED) is 0.281. The van der Waals surface area contributed by atoms with Crippen molar-refractivity contribution < 1.29 is 5.11 Å². The second kappa shape index (κ2) is 13.4. The largest absolute Gasteiger partial charge is 0.396 e. The van der Waals surface area contributed by atoms with Gasteiger partial charge in [-0.1, -0.05) is 20.8 Å². The number of aliphatic hydroxyl groups is 1. The lowest BCUT2D eigenvalue weighted by Crippen LogP contribution is -2.39. The fourth-order valence-corrected chi connectivity index (χ4v) is 3.68. The molecule has 0 aromatic rings. The molecule has 5 heteroatoms. The highest BCUT2D eigenvalue weighted by Crippen LogP contribution is 2.30. The standard InChI is InChI=1S/C21H44N4O/c1-5-21(6-2,12-17-26)18-24-20(22-7-3)23-13-8-9-14-25-15-10-19(4)11-16-25/h19,26H,5-18H2,1-4H3,(H2,22,23,24). The number of unbranched alkanes of at least 4 members (excludes halogenated alkanes) is 1. The van der Waals surface area contributed by atoms with Gasteiger partial charge in [0.1, 0.15) is 0 Å². The van der Waals surface area contributed by atoms with Gasteiger partial charge in [0, 0.05) is 26.2 Å². The van der Waals surface area contributed by atoms with Crippen LogP contribution in [-0.4, -0.2) is 61.8 Å². The van der Waals surface area contributed by atoms with Crippen LogP contribution in [0.2, 0.25) is 0 Å². The number of hydrogen-bond donors (Lipinski definition) is 3. The first kappa shape index (κ1) is 23.2. The first-order valence-corrected chi connectivity index (χ1v) is 10.9. The van der Waals surface area contributed by atoms with Crippen LogP contribution in [0.3, 0.4) is 0 Å². The summed E-state index contributed by atoms with van der Waals surface area (Å²) >= 11 is 0. The maximum absolute atomic E-state index is 9.37. The van der Waals surface area contributed by atoms with E-state index in [9.17, 15) is 5.11 Å². The number of likely N-dealkylation sites (tertiary alicyclic amines) is 1. The van der Waals surface area contributed by atoms with E-state index in [-0.39, 0.29) is 12.0 Å². The van der Waals surface area contributed by atoms with Crippen LogP contribution in [0.4, 0.5) is 0 Å². The van der Waals surface area contributed by atoms with Gasteiger partial charge in [-0.25, -0.2) is 0 Å². The van der Waals surface area contributed by atoms with Gasteiger partial charge in [0.25, 0.3) is 0 Å². The molecule has 1 rings (SSSR count). The molecule has 1 fully saturated rings. The molecular weight excluding hydrogens is 324 g/mol. The van der Waals surface area contributed by atoms with Gasteiger partial charge >= 0.3 is 0 Å². The van der Waals surface area contributed by atoms with Gasteiger partial charge in [0.05, 0.1) is 0 Å². The average Bonchev–Trinajstić information content (AvgIpc) is 2.66. The number of aliphatic hydroxyl groups excluding tert-OH is 1. The Bertz CT molecular complexity index is 374. The summed E-state index contributed by atoms with van der Waals surface area (Å²) in [7, 11) is 0. The SMILES string of the molecule is CCNC(=NCC(CC)(CC)CCO)NCCCCN1CCC(C)CC1. The van der Waals surface area contributed by atoms with Crippen LogP contribution >= 0.6 is 0 Å². The Morgan fingerprint density at radius 1 is 1.12 bits per heavy atom. The lowest BCUT2D eigenvalue weighted by atomic mass is 9.79. The Morgan fingerprint density at radius 2 is 1.81 bits per heavy atom. The number of guanidine groups is 1. The molecule has 154 valence electrons. The van der Waals surface area contributed by atoms with Crippen LogP contribution < -0.4 is 10.6 Å². The van der Waals surface area contributed by atoms with Gasteiger partial charge in [-0.3, -0.25) is 4.99 Å². The molecule has 1 heterocycles. The third-order valence-corrected chi connectivity index (χ3v) is 6.13. The summed E-state index contributed by atoms with van der Waals surface area (Å²) in [5, 5.41) is 16.2. The zero-order valence-electron chi connectivity index (χ0n) is 17.8. The fourth-order valence-electron chi connectivity index (χ4n) is 3.68. The molecule has 1 aliphatic rings. The molecule has 1 aliphatic heterocycles. The van der Waals surface area contributed by atoms with Crippen molar-refractivity contribution in [2.45, 2.75) is 72.6 Å². The highest BCUT2D eigenvalue weighted by atomic mass is 16.3. The van der Waals surface area contributed by atoms with E-state index >= 15 is 0 Å². The van der Waals surface area contributed by atoms with Gasteiger partial charge in [0.2, 0.25) is 0 Å². The van der Waals surface area contributed by atoms with Crippen LogP contribution in [0.1, 0.15) is 72.6 Å². The Balaban J connectivity index is 2.32. The molecule has 0 bridgehead atoms. The average molecular weight is 369 g/mol. The molecule has 0 unspecified atom stereocenters. The highest BCUT2D eigenvalue weighted by Gasteiger charge is 2.25. The van der Waals surface area contributed by atoms with Crippen LogP contribution in [0.5, 0.6) is 0 Å². The van der Waals surface area contributed by atoms with Crippen molar-refractivity contribution in [3.63, 3.8) is 0 Å². The van der Waals surface area contributed by atoms with Crippen LogP contribution in [-0.2, 0) is 0 Å². The summed E-state index contributed by atoms with van der Waals surface area (Å²) in [5.74, 6) is 1.83. The molecular formula is C21H44N4O. The molecule has 3 N–H and O–H groups in total. The van der Waals surface area contributed by atoms with E-state index in [1.165, 1.54) is 45.3 Å². The molecule has 5 nitrogen and oxygen atoms in total. The fraction of sp³-hybridized carbons (Fsp3) is 0.952. The minimum atomic E-state index is 0.127. The predicted octanol–water partition coefficient (Wildman–Crippen LogP) is 3.24. The number of hydrogen-bond acceptors (Lipinski definition) is 3. The Labute approximate surface area is 162 Å². The summed E-state index contributed by atoms with van der Waals surface area (Å²) in [4.78, 5) is 7.43. The van der Waals surface area contributed by atoms with Crippen molar-refractivity contribution >= 4 is 5.96 Å². The molecule has 1 saturated heterocycles. The molecule has 26 heavy (non-hydrogen) atoms. The second-order valence-corrected chi connectivity index (χ2v) is 8.03. The molecule has 0 aromatic carbocycles. The zero-order valence-corrected chi connectivity index (χ0v) is 17.8. The number of aliphatic imine (C=N–C) groups is 1. The lowest BCUT2D eigenvalue weighted by Gasteiger charge is -2.30. The zero-order chi connectivity index (χ0) is 19.3. The van der Waals surface area contributed by atoms with E-state index in [0.29, 0.717) is 0 Å². The number of nitrogens with zero attached hydrogens (tertiary/aromatic N) is 2. The van der Waals surface area contributed by atoms with Crippen LogP contribution in [0, 0.1) is 11.3 Å². The van der Waals surface area contributed by atoms with E-state index in [2.05, 4.69) is 43.2 Å². The molecule has 0 amide bonds. The Hall–Kier alpha value is -0.810. The highest BCUT2D eigenvalue weighted by molar-refractivity contribution is 5.79. The molecule has 0 spiro atoms. The maximum Gasteiger partial charge on any atom is 0.191 e. The van der Waals surface area contributed by atoms with Crippen molar-refractivity contribution in [3.05, 3.63) is 0 Å². The predicted molar refractivity (Wildman–Crippen MR) is 113 cm³/mol. The van der Waals surface area contributed by atoms with Gasteiger partial charge < -0.3 is 20.6 Å². The van der Waals surface area contributed by atoms with E-state index < -0.39 is 0 Å². The number of piperidine rings is 1. The van der Waals surface area contributed by atoms with Crippen molar-refractivity contribution in [1.82, 2.24) is 15.5 Å².